The lowest BCUT2D eigenvalue weighted by Crippen LogP contribution is -2.11. The summed E-state index contributed by atoms with van der Waals surface area (Å²) < 4.78 is 5.60. The smallest absolute Gasteiger partial charge is 0.119 e. The van der Waals surface area contributed by atoms with Gasteiger partial charge in [-0.1, -0.05) is 32.9 Å². The van der Waals surface area contributed by atoms with E-state index in [1.807, 2.05) is 12.1 Å². The van der Waals surface area contributed by atoms with E-state index in [4.69, 9.17) is 16.3 Å². The molecule has 1 nitrogen and oxygen atoms in total. The third-order valence-corrected chi connectivity index (χ3v) is 2.51. The Kier molecular flexibility index (Phi) is 4.46. The molecule has 1 rings (SSSR count). The van der Waals surface area contributed by atoms with Crippen molar-refractivity contribution < 1.29 is 4.74 Å². The molecule has 0 saturated carbocycles. The van der Waals surface area contributed by atoms with E-state index in [-0.39, 0.29) is 5.41 Å². The van der Waals surface area contributed by atoms with Crippen LogP contribution in [0.3, 0.4) is 0 Å². The van der Waals surface area contributed by atoms with Gasteiger partial charge in [-0.3, -0.25) is 0 Å². The molecule has 0 amide bonds. The van der Waals surface area contributed by atoms with E-state index in [1.54, 1.807) is 0 Å². The molecule has 0 fully saturated rings. The molecule has 0 aliphatic rings. The molecule has 84 valence electrons. The molecule has 0 aromatic heterocycles. The average Bonchev–Trinajstić information content (AvgIpc) is 2.17. The summed E-state index contributed by atoms with van der Waals surface area (Å²) in [7, 11) is 0. The summed E-state index contributed by atoms with van der Waals surface area (Å²) in [6.45, 7) is 7.29. The minimum atomic E-state index is 0.172. The maximum atomic E-state index is 5.60. The summed E-state index contributed by atoms with van der Waals surface area (Å²) in [4.78, 5) is 0. The summed E-state index contributed by atoms with van der Waals surface area (Å²) in [6.07, 6.45) is 0.890. The third kappa shape index (κ3) is 4.13. The van der Waals surface area contributed by atoms with Crippen LogP contribution in [0.5, 0.6) is 5.75 Å². The van der Waals surface area contributed by atoms with Crippen LogP contribution in [0.25, 0.3) is 0 Å². The lowest BCUT2D eigenvalue weighted by atomic mass is 9.87. The quantitative estimate of drug-likeness (QED) is 0.557. The maximum Gasteiger partial charge on any atom is 0.119 e. The average molecular weight is 227 g/mol. The van der Waals surface area contributed by atoms with Crippen molar-refractivity contribution in [3.8, 4) is 5.75 Å². The fourth-order valence-electron chi connectivity index (χ4n) is 1.30. The molecule has 1 aromatic carbocycles. The van der Waals surface area contributed by atoms with Gasteiger partial charge in [0.05, 0.1) is 6.61 Å². The number of hydrogen-bond donors (Lipinski definition) is 0. The van der Waals surface area contributed by atoms with Crippen LogP contribution in [-0.2, 0) is 5.41 Å². The number of halogens is 1. The summed E-state index contributed by atoms with van der Waals surface area (Å²) in [5.41, 5.74) is 1.47. The van der Waals surface area contributed by atoms with Crippen LogP contribution >= 0.6 is 11.6 Å². The summed E-state index contributed by atoms with van der Waals surface area (Å²) in [6, 6.07) is 8.27. The molecule has 0 N–H and O–H groups in total. The van der Waals surface area contributed by atoms with Crippen LogP contribution in [-0.4, -0.2) is 12.5 Å². The van der Waals surface area contributed by atoms with Gasteiger partial charge in [0.2, 0.25) is 0 Å². The maximum absolute atomic E-state index is 5.60. The van der Waals surface area contributed by atoms with Crippen molar-refractivity contribution in [3.05, 3.63) is 29.8 Å². The zero-order chi connectivity index (χ0) is 11.3. The van der Waals surface area contributed by atoms with Crippen molar-refractivity contribution in [1.82, 2.24) is 0 Å². The minimum absolute atomic E-state index is 0.172. The van der Waals surface area contributed by atoms with Crippen molar-refractivity contribution >= 4 is 11.6 Å². The monoisotopic (exact) mass is 226 g/mol. The highest BCUT2D eigenvalue weighted by Crippen LogP contribution is 2.25. The van der Waals surface area contributed by atoms with Gasteiger partial charge in [-0.05, 0) is 29.5 Å². The predicted octanol–water partition coefficient (Wildman–Crippen LogP) is 3.99. The summed E-state index contributed by atoms with van der Waals surface area (Å²) in [5, 5.41) is 0. The minimum Gasteiger partial charge on any atom is -0.494 e. The van der Waals surface area contributed by atoms with Gasteiger partial charge in [0.25, 0.3) is 0 Å². The Morgan fingerprint density at radius 1 is 1.27 bits per heavy atom. The van der Waals surface area contributed by atoms with Gasteiger partial charge in [0.15, 0.2) is 0 Å². The normalized spacial score (nSPS) is 11.5. The van der Waals surface area contributed by atoms with Crippen molar-refractivity contribution in [2.75, 3.05) is 12.5 Å². The fourth-order valence-corrected chi connectivity index (χ4v) is 1.41. The Balaban J connectivity index is 2.66. The van der Waals surface area contributed by atoms with Gasteiger partial charge in [-0.15, -0.1) is 11.6 Å². The fraction of sp³-hybridized carbons (Fsp3) is 0.538. The Bertz CT molecular complexity index is 302. The zero-order valence-electron chi connectivity index (χ0n) is 9.72. The summed E-state index contributed by atoms with van der Waals surface area (Å²) >= 11 is 5.59. The van der Waals surface area contributed by atoms with E-state index in [0.717, 1.165) is 12.2 Å². The second kappa shape index (κ2) is 5.41. The van der Waals surface area contributed by atoms with Crippen LogP contribution < -0.4 is 4.74 Å². The molecular weight excluding hydrogens is 208 g/mol. The van der Waals surface area contributed by atoms with E-state index in [9.17, 15) is 0 Å². The number of benzene rings is 1. The first kappa shape index (κ1) is 12.4. The van der Waals surface area contributed by atoms with E-state index < -0.39 is 0 Å². The van der Waals surface area contributed by atoms with Crippen LogP contribution in [0.2, 0.25) is 0 Å². The first-order valence-corrected chi connectivity index (χ1v) is 5.87. The van der Waals surface area contributed by atoms with Crippen LogP contribution in [0.15, 0.2) is 24.3 Å². The lowest BCUT2D eigenvalue weighted by molar-refractivity contribution is 0.317. The Hall–Kier alpha value is -0.690. The molecule has 0 unspecified atom stereocenters. The van der Waals surface area contributed by atoms with Gasteiger partial charge in [0, 0.05) is 5.88 Å². The van der Waals surface area contributed by atoms with Crippen molar-refractivity contribution in [2.45, 2.75) is 32.6 Å². The molecule has 0 spiro atoms. The first-order valence-electron chi connectivity index (χ1n) is 5.33. The zero-order valence-corrected chi connectivity index (χ0v) is 10.5. The van der Waals surface area contributed by atoms with Gasteiger partial charge >= 0.3 is 0 Å². The van der Waals surface area contributed by atoms with Crippen molar-refractivity contribution in [1.29, 1.82) is 0 Å². The summed E-state index contributed by atoms with van der Waals surface area (Å²) in [5.74, 6) is 1.59. The highest BCUT2D eigenvalue weighted by Gasteiger charge is 2.13. The molecular formula is C13H19ClO. The number of ether oxygens (including phenoxy) is 1. The number of alkyl halides is 1. The molecule has 2 heteroatoms. The topological polar surface area (TPSA) is 9.23 Å². The van der Waals surface area contributed by atoms with Gasteiger partial charge in [-0.25, -0.2) is 0 Å². The van der Waals surface area contributed by atoms with Crippen LogP contribution in [0.1, 0.15) is 32.8 Å². The first-order chi connectivity index (χ1) is 7.04. The van der Waals surface area contributed by atoms with Crippen molar-refractivity contribution in [2.24, 2.45) is 0 Å². The second-order valence-corrected chi connectivity index (χ2v) is 5.05. The molecule has 0 bridgehead atoms. The Labute approximate surface area is 97.4 Å². The number of hydrogen-bond acceptors (Lipinski definition) is 1. The highest BCUT2D eigenvalue weighted by molar-refractivity contribution is 6.17. The third-order valence-electron chi connectivity index (χ3n) is 2.25. The molecule has 15 heavy (non-hydrogen) atoms. The van der Waals surface area contributed by atoms with E-state index in [2.05, 4.69) is 32.9 Å². The molecule has 1 aromatic rings. The van der Waals surface area contributed by atoms with Gasteiger partial charge in [-0.2, -0.15) is 0 Å². The number of rotatable bonds is 4. The van der Waals surface area contributed by atoms with Crippen LogP contribution in [0, 0.1) is 0 Å². The van der Waals surface area contributed by atoms with Crippen LogP contribution in [0.4, 0.5) is 0 Å². The lowest BCUT2D eigenvalue weighted by Gasteiger charge is -2.19. The SMILES string of the molecule is CC(C)(C)c1cccc(OCCCCl)c1. The largest absolute Gasteiger partial charge is 0.494 e. The predicted molar refractivity (Wildman–Crippen MR) is 66.0 cm³/mol. The Morgan fingerprint density at radius 2 is 2.00 bits per heavy atom. The van der Waals surface area contributed by atoms with Gasteiger partial charge < -0.3 is 4.74 Å². The molecule has 0 saturated heterocycles. The highest BCUT2D eigenvalue weighted by atomic mass is 35.5. The van der Waals surface area contributed by atoms with E-state index in [1.165, 1.54) is 5.56 Å². The molecule has 0 radical (unpaired) electrons. The molecule has 0 aliphatic heterocycles. The molecule has 0 aliphatic carbocycles. The molecule has 0 heterocycles. The second-order valence-electron chi connectivity index (χ2n) is 4.67. The Morgan fingerprint density at radius 3 is 2.60 bits per heavy atom. The van der Waals surface area contributed by atoms with E-state index >= 15 is 0 Å². The molecule has 0 atom stereocenters. The standard InChI is InChI=1S/C13H19ClO/c1-13(2,3)11-6-4-7-12(10-11)15-9-5-8-14/h4,6-7,10H,5,8-9H2,1-3H3. The van der Waals surface area contributed by atoms with Crippen molar-refractivity contribution in [3.63, 3.8) is 0 Å². The van der Waals surface area contributed by atoms with Gasteiger partial charge in [0.1, 0.15) is 5.75 Å². The van der Waals surface area contributed by atoms with E-state index in [0.29, 0.717) is 12.5 Å².